The van der Waals surface area contributed by atoms with E-state index < -0.39 is 0 Å². The zero-order chi connectivity index (χ0) is 15.1. The molecule has 3 nitrogen and oxygen atoms in total. The van der Waals surface area contributed by atoms with Gasteiger partial charge in [0.25, 0.3) is 0 Å². The number of rotatable bonds is 7. The van der Waals surface area contributed by atoms with Gasteiger partial charge in [0.15, 0.2) is 0 Å². The maximum atomic E-state index is 5.74. The lowest BCUT2D eigenvalue weighted by Crippen LogP contribution is -2.25. The van der Waals surface area contributed by atoms with Gasteiger partial charge in [0.2, 0.25) is 0 Å². The summed E-state index contributed by atoms with van der Waals surface area (Å²) in [6, 6.07) is 4.22. The molecule has 1 N–H and O–H groups in total. The molecule has 1 aromatic carbocycles. The standard InChI is InChI=1S/C16H23Br2NO2/c1-2-20-16-14(17)9-12(10-15(16)18)11-19-7-6-13-5-3-4-8-21-13/h9-10,13,19H,2-8,11H2,1H3. The summed E-state index contributed by atoms with van der Waals surface area (Å²) in [5.74, 6) is 0.872. The van der Waals surface area contributed by atoms with Crippen molar-refractivity contribution in [2.75, 3.05) is 19.8 Å². The summed E-state index contributed by atoms with van der Waals surface area (Å²) in [6.07, 6.45) is 5.29. The number of nitrogens with one attached hydrogen (secondary N) is 1. The summed E-state index contributed by atoms with van der Waals surface area (Å²) in [6.45, 7) is 5.44. The summed E-state index contributed by atoms with van der Waals surface area (Å²) >= 11 is 7.14. The van der Waals surface area contributed by atoms with Crippen LogP contribution in [0.4, 0.5) is 0 Å². The van der Waals surface area contributed by atoms with Gasteiger partial charge in [0.05, 0.1) is 21.7 Å². The van der Waals surface area contributed by atoms with Crippen LogP contribution in [0.3, 0.4) is 0 Å². The molecule has 1 aromatic rings. The van der Waals surface area contributed by atoms with Crippen LogP contribution in [0.1, 0.15) is 38.2 Å². The molecule has 0 saturated carbocycles. The topological polar surface area (TPSA) is 30.5 Å². The highest BCUT2D eigenvalue weighted by atomic mass is 79.9. The summed E-state index contributed by atoms with van der Waals surface area (Å²) in [5, 5.41) is 3.49. The van der Waals surface area contributed by atoms with E-state index in [9.17, 15) is 0 Å². The van der Waals surface area contributed by atoms with Gasteiger partial charge >= 0.3 is 0 Å². The normalized spacial score (nSPS) is 18.7. The van der Waals surface area contributed by atoms with Gasteiger partial charge in [0, 0.05) is 13.2 Å². The fourth-order valence-corrected chi connectivity index (χ4v) is 4.04. The highest BCUT2D eigenvalue weighted by Gasteiger charge is 2.13. The first-order chi connectivity index (χ1) is 10.2. The van der Waals surface area contributed by atoms with E-state index in [1.165, 1.54) is 24.8 Å². The van der Waals surface area contributed by atoms with Crippen LogP contribution in [-0.4, -0.2) is 25.9 Å². The molecular formula is C16H23Br2NO2. The highest BCUT2D eigenvalue weighted by Crippen LogP contribution is 2.34. The fourth-order valence-electron chi connectivity index (χ4n) is 2.53. The Hall–Kier alpha value is -0.100. The minimum Gasteiger partial charge on any atom is -0.492 e. The molecular weight excluding hydrogens is 398 g/mol. The van der Waals surface area contributed by atoms with E-state index in [0.717, 1.165) is 40.8 Å². The Labute approximate surface area is 144 Å². The van der Waals surface area contributed by atoms with E-state index in [4.69, 9.17) is 9.47 Å². The Kier molecular flexibility index (Phi) is 7.50. The third-order valence-corrected chi connectivity index (χ3v) is 4.77. The third-order valence-electron chi connectivity index (χ3n) is 3.59. The zero-order valence-electron chi connectivity index (χ0n) is 12.5. The predicted octanol–water partition coefficient (Wildman–Crippen LogP) is 4.66. The van der Waals surface area contributed by atoms with E-state index in [1.807, 2.05) is 6.92 Å². The maximum Gasteiger partial charge on any atom is 0.147 e. The molecule has 0 radical (unpaired) electrons. The molecule has 0 spiro atoms. The Bertz CT molecular complexity index is 425. The summed E-state index contributed by atoms with van der Waals surface area (Å²) in [7, 11) is 0. The van der Waals surface area contributed by atoms with Crippen LogP contribution in [0, 0.1) is 0 Å². The Morgan fingerprint density at radius 1 is 1.29 bits per heavy atom. The van der Waals surface area contributed by atoms with Crippen LogP contribution in [0.5, 0.6) is 5.75 Å². The van der Waals surface area contributed by atoms with Gasteiger partial charge in [0.1, 0.15) is 5.75 Å². The molecule has 118 valence electrons. The minimum atomic E-state index is 0.449. The van der Waals surface area contributed by atoms with Crippen molar-refractivity contribution in [2.24, 2.45) is 0 Å². The van der Waals surface area contributed by atoms with Crippen molar-refractivity contribution >= 4 is 31.9 Å². The van der Waals surface area contributed by atoms with Crippen molar-refractivity contribution in [2.45, 2.75) is 45.3 Å². The molecule has 1 unspecified atom stereocenters. The van der Waals surface area contributed by atoms with Crippen molar-refractivity contribution in [1.82, 2.24) is 5.32 Å². The van der Waals surface area contributed by atoms with Crippen molar-refractivity contribution < 1.29 is 9.47 Å². The molecule has 1 aliphatic heterocycles. The van der Waals surface area contributed by atoms with Crippen LogP contribution in [0.15, 0.2) is 21.1 Å². The smallest absolute Gasteiger partial charge is 0.147 e. The van der Waals surface area contributed by atoms with Crippen LogP contribution >= 0.6 is 31.9 Å². The van der Waals surface area contributed by atoms with Gasteiger partial charge in [-0.3, -0.25) is 0 Å². The lowest BCUT2D eigenvalue weighted by Gasteiger charge is -2.22. The van der Waals surface area contributed by atoms with Crippen molar-refractivity contribution in [3.63, 3.8) is 0 Å². The van der Waals surface area contributed by atoms with E-state index in [-0.39, 0.29) is 0 Å². The van der Waals surface area contributed by atoms with Crippen LogP contribution in [0.25, 0.3) is 0 Å². The second-order valence-corrected chi connectivity index (χ2v) is 6.98. The van der Waals surface area contributed by atoms with Crippen LogP contribution in [-0.2, 0) is 11.3 Å². The Balaban J connectivity index is 1.77. The lowest BCUT2D eigenvalue weighted by atomic mass is 10.1. The van der Waals surface area contributed by atoms with Gasteiger partial charge in [-0.2, -0.15) is 0 Å². The van der Waals surface area contributed by atoms with E-state index in [1.54, 1.807) is 0 Å². The molecule has 1 saturated heterocycles. The van der Waals surface area contributed by atoms with Crippen LogP contribution < -0.4 is 10.1 Å². The summed E-state index contributed by atoms with van der Waals surface area (Å²) < 4.78 is 13.3. The molecule has 1 aliphatic rings. The highest BCUT2D eigenvalue weighted by molar-refractivity contribution is 9.11. The molecule has 0 aliphatic carbocycles. The fraction of sp³-hybridized carbons (Fsp3) is 0.625. The first-order valence-corrected chi connectivity index (χ1v) is 9.22. The first kappa shape index (κ1) is 17.3. The summed E-state index contributed by atoms with van der Waals surface area (Å²) in [5.41, 5.74) is 1.24. The number of halogens is 2. The molecule has 5 heteroatoms. The van der Waals surface area contributed by atoms with Gasteiger partial charge in [-0.25, -0.2) is 0 Å². The average molecular weight is 421 g/mol. The molecule has 1 heterocycles. The maximum absolute atomic E-state index is 5.74. The second kappa shape index (κ2) is 9.13. The molecule has 1 fully saturated rings. The number of ether oxygens (including phenoxy) is 2. The molecule has 0 aromatic heterocycles. The lowest BCUT2D eigenvalue weighted by molar-refractivity contribution is 0.0115. The zero-order valence-corrected chi connectivity index (χ0v) is 15.6. The molecule has 21 heavy (non-hydrogen) atoms. The van der Waals surface area contributed by atoms with Gasteiger partial charge in [-0.15, -0.1) is 0 Å². The quantitative estimate of drug-likeness (QED) is 0.650. The van der Waals surface area contributed by atoms with Crippen molar-refractivity contribution in [1.29, 1.82) is 0 Å². The molecule has 1 atom stereocenters. The van der Waals surface area contributed by atoms with Crippen molar-refractivity contribution in [3.05, 3.63) is 26.6 Å². The molecule has 0 bridgehead atoms. The average Bonchev–Trinajstić information content (AvgIpc) is 2.48. The number of hydrogen-bond donors (Lipinski definition) is 1. The molecule has 2 rings (SSSR count). The first-order valence-electron chi connectivity index (χ1n) is 7.63. The predicted molar refractivity (Wildman–Crippen MR) is 92.9 cm³/mol. The molecule has 0 amide bonds. The monoisotopic (exact) mass is 419 g/mol. The number of benzene rings is 1. The van der Waals surface area contributed by atoms with E-state index >= 15 is 0 Å². The van der Waals surface area contributed by atoms with Gasteiger partial charge in [-0.05, 0) is 88.7 Å². The van der Waals surface area contributed by atoms with Crippen molar-refractivity contribution in [3.8, 4) is 5.75 Å². The number of hydrogen-bond acceptors (Lipinski definition) is 3. The second-order valence-electron chi connectivity index (χ2n) is 5.28. The third kappa shape index (κ3) is 5.55. The largest absolute Gasteiger partial charge is 0.492 e. The Morgan fingerprint density at radius 3 is 2.67 bits per heavy atom. The van der Waals surface area contributed by atoms with Crippen LogP contribution in [0.2, 0.25) is 0 Å². The Morgan fingerprint density at radius 2 is 2.05 bits per heavy atom. The van der Waals surface area contributed by atoms with E-state index in [0.29, 0.717) is 12.7 Å². The van der Waals surface area contributed by atoms with Gasteiger partial charge in [-0.1, -0.05) is 0 Å². The minimum absolute atomic E-state index is 0.449. The SMILES string of the molecule is CCOc1c(Br)cc(CNCCC2CCCCO2)cc1Br. The van der Waals surface area contributed by atoms with E-state index in [2.05, 4.69) is 49.3 Å². The summed E-state index contributed by atoms with van der Waals surface area (Å²) in [4.78, 5) is 0. The van der Waals surface area contributed by atoms with Gasteiger partial charge < -0.3 is 14.8 Å².